The maximum atomic E-state index is 12.2. The van der Waals surface area contributed by atoms with Crippen LogP contribution in [0.25, 0.3) is 12.2 Å². The zero-order valence-corrected chi connectivity index (χ0v) is 16.3. The molecule has 0 saturated heterocycles. The van der Waals surface area contributed by atoms with Gasteiger partial charge in [-0.2, -0.15) is 0 Å². The smallest absolute Gasteiger partial charge is 0.147 e. The molecule has 1 aliphatic heterocycles. The zero-order chi connectivity index (χ0) is 20.2. The Morgan fingerprint density at radius 1 is 1.07 bits per heavy atom. The van der Waals surface area contributed by atoms with Crippen LogP contribution >= 0.6 is 0 Å². The molecule has 142 valence electrons. The summed E-state index contributed by atoms with van der Waals surface area (Å²) in [6.07, 6.45) is 8.76. The van der Waals surface area contributed by atoms with Gasteiger partial charge in [-0.3, -0.25) is 0 Å². The summed E-state index contributed by atoms with van der Waals surface area (Å²) >= 11 is 0. The van der Waals surface area contributed by atoms with Crippen molar-refractivity contribution in [3.05, 3.63) is 119 Å². The Hall–Kier alpha value is -3.72. The summed E-state index contributed by atoms with van der Waals surface area (Å²) in [5.41, 5.74) is 6.11. The predicted molar refractivity (Wildman–Crippen MR) is 119 cm³/mol. The third-order valence-electron chi connectivity index (χ3n) is 5.05. The van der Waals surface area contributed by atoms with Crippen molar-refractivity contribution < 1.29 is 4.79 Å². The molecule has 0 saturated carbocycles. The highest BCUT2D eigenvalue weighted by Crippen LogP contribution is 2.39. The molecule has 2 aromatic carbocycles. The van der Waals surface area contributed by atoms with E-state index < -0.39 is 6.04 Å². The Kier molecular flexibility index (Phi) is 5.21. The standard InChI is InChI=1S/C26H22N2O/c1-3-21(16-20-10-8-9-19(2)15-20)24-17-22-11-4-5-12-23(22)25(18-29)28(24)26-13-6-7-14-27-26/h3-18,25H,1H2,2H3. The van der Waals surface area contributed by atoms with Crippen molar-refractivity contribution in [2.75, 3.05) is 4.90 Å². The number of pyridine rings is 1. The highest BCUT2D eigenvalue weighted by molar-refractivity contribution is 5.84. The van der Waals surface area contributed by atoms with Gasteiger partial charge in [-0.05, 0) is 53.5 Å². The number of fused-ring (bicyclic) bond motifs is 1. The lowest BCUT2D eigenvalue weighted by molar-refractivity contribution is -0.109. The molecule has 29 heavy (non-hydrogen) atoms. The summed E-state index contributed by atoms with van der Waals surface area (Å²) in [5.74, 6) is 0.724. The second kappa shape index (κ2) is 8.11. The maximum Gasteiger partial charge on any atom is 0.147 e. The van der Waals surface area contributed by atoms with Crippen LogP contribution in [-0.4, -0.2) is 11.3 Å². The van der Waals surface area contributed by atoms with Gasteiger partial charge < -0.3 is 9.69 Å². The lowest BCUT2D eigenvalue weighted by atomic mass is 9.91. The summed E-state index contributed by atoms with van der Waals surface area (Å²) in [4.78, 5) is 18.7. The molecule has 1 atom stereocenters. The van der Waals surface area contributed by atoms with E-state index in [0.717, 1.165) is 40.1 Å². The van der Waals surface area contributed by atoms with Crippen molar-refractivity contribution in [2.45, 2.75) is 13.0 Å². The maximum absolute atomic E-state index is 12.2. The summed E-state index contributed by atoms with van der Waals surface area (Å²) in [5, 5.41) is 0. The molecule has 0 N–H and O–H groups in total. The highest BCUT2D eigenvalue weighted by atomic mass is 16.1. The molecule has 1 aliphatic rings. The third kappa shape index (κ3) is 3.67. The number of rotatable bonds is 5. The molecule has 0 bridgehead atoms. The molecule has 1 unspecified atom stereocenters. The number of aryl methyl sites for hydroxylation is 1. The quantitative estimate of drug-likeness (QED) is 0.418. The Labute approximate surface area is 171 Å². The molecule has 0 spiro atoms. The minimum atomic E-state index is -0.457. The molecule has 3 aromatic rings. The zero-order valence-electron chi connectivity index (χ0n) is 16.3. The summed E-state index contributed by atoms with van der Waals surface area (Å²) in [6, 6.07) is 21.6. The van der Waals surface area contributed by atoms with Gasteiger partial charge in [0.25, 0.3) is 0 Å². The van der Waals surface area contributed by atoms with Crippen molar-refractivity contribution in [1.82, 2.24) is 4.98 Å². The van der Waals surface area contributed by atoms with E-state index in [1.54, 1.807) is 6.20 Å². The van der Waals surface area contributed by atoms with Gasteiger partial charge in [0, 0.05) is 6.20 Å². The largest absolute Gasteiger partial charge is 0.311 e. The summed E-state index contributed by atoms with van der Waals surface area (Å²) in [6.45, 7) is 6.12. The van der Waals surface area contributed by atoms with Gasteiger partial charge in [0.1, 0.15) is 18.1 Å². The number of hydrogen-bond donors (Lipinski definition) is 0. The average molecular weight is 378 g/mol. The lowest BCUT2D eigenvalue weighted by Gasteiger charge is -2.36. The van der Waals surface area contributed by atoms with Crippen LogP contribution in [0, 0.1) is 6.92 Å². The van der Waals surface area contributed by atoms with Crippen LogP contribution in [-0.2, 0) is 4.79 Å². The molecular formula is C26H22N2O. The van der Waals surface area contributed by atoms with E-state index in [1.807, 2.05) is 59.5 Å². The summed E-state index contributed by atoms with van der Waals surface area (Å²) in [7, 11) is 0. The number of nitrogens with zero attached hydrogens (tertiary/aromatic N) is 2. The van der Waals surface area contributed by atoms with Gasteiger partial charge in [0.05, 0.1) is 5.70 Å². The fraction of sp³-hybridized carbons (Fsp3) is 0.0769. The van der Waals surface area contributed by atoms with Crippen LogP contribution in [0.3, 0.4) is 0 Å². The average Bonchev–Trinajstić information content (AvgIpc) is 2.76. The second-order valence-corrected chi connectivity index (χ2v) is 7.02. The van der Waals surface area contributed by atoms with Crippen molar-refractivity contribution in [3.8, 4) is 0 Å². The first kappa shape index (κ1) is 18.6. The first-order valence-corrected chi connectivity index (χ1v) is 9.58. The Bertz CT molecular complexity index is 1110. The number of aldehydes is 1. The van der Waals surface area contributed by atoms with Crippen LogP contribution in [0.1, 0.15) is 28.3 Å². The monoisotopic (exact) mass is 378 g/mol. The number of aromatic nitrogens is 1. The van der Waals surface area contributed by atoms with Gasteiger partial charge in [-0.1, -0.05) is 72.8 Å². The van der Waals surface area contributed by atoms with Crippen molar-refractivity contribution in [1.29, 1.82) is 0 Å². The molecule has 3 heteroatoms. The number of anilines is 1. The van der Waals surface area contributed by atoms with E-state index in [9.17, 15) is 4.79 Å². The lowest BCUT2D eigenvalue weighted by Crippen LogP contribution is -2.33. The van der Waals surface area contributed by atoms with Gasteiger partial charge >= 0.3 is 0 Å². The number of hydrogen-bond acceptors (Lipinski definition) is 3. The summed E-state index contributed by atoms with van der Waals surface area (Å²) < 4.78 is 0. The van der Waals surface area contributed by atoms with Gasteiger partial charge in [-0.15, -0.1) is 0 Å². The van der Waals surface area contributed by atoms with Crippen molar-refractivity contribution in [2.24, 2.45) is 0 Å². The van der Waals surface area contributed by atoms with E-state index in [-0.39, 0.29) is 0 Å². The predicted octanol–water partition coefficient (Wildman–Crippen LogP) is 5.76. The Morgan fingerprint density at radius 2 is 1.90 bits per heavy atom. The number of allylic oxidation sites excluding steroid dienone is 1. The number of carbonyl (C=O) groups is 1. The molecule has 0 aliphatic carbocycles. The first-order valence-electron chi connectivity index (χ1n) is 9.58. The molecule has 2 heterocycles. The van der Waals surface area contributed by atoms with E-state index in [0.29, 0.717) is 0 Å². The third-order valence-corrected chi connectivity index (χ3v) is 5.05. The van der Waals surface area contributed by atoms with Crippen LogP contribution in [0.4, 0.5) is 5.82 Å². The Balaban J connectivity index is 1.92. The topological polar surface area (TPSA) is 33.2 Å². The van der Waals surface area contributed by atoms with Crippen LogP contribution in [0.5, 0.6) is 0 Å². The minimum absolute atomic E-state index is 0.457. The SMILES string of the molecule is C=CC(=Cc1cccc(C)c1)C1=Cc2ccccc2C(C=O)N1c1ccccn1. The molecular weight excluding hydrogens is 356 g/mol. The van der Waals surface area contributed by atoms with Crippen molar-refractivity contribution in [3.63, 3.8) is 0 Å². The number of carbonyl (C=O) groups excluding carboxylic acids is 1. The molecule has 0 radical (unpaired) electrons. The van der Waals surface area contributed by atoms with E-state index in [2.05, 4.69) is 48.8 Å². The molecule has 0 fully saturated rings. The van der Waals surface area contributed by atoms with Crippen LogP contribution in [0.15, 0.2) is 96.9 Å². The van der Waals surface area contributed by atoms with Crippen LogP contribution in [0.2, 0.25) is 0 Å². The fourth-order valence-electron chi connectivity index (χ4n) is 3.71. The molecule has 4 rings (SSSR count). The minimum Gasteiger partial charge on any atom is -0.311 e. The molecule has 0 amide bonds. The highest BCUT2D eigenvalue weighted by Gasteiger charge is 2.31. The molecule has 1 aromatic heterocycles. The van der Waals surface area contributed by atoms with E-state index in [1.165, 1.54) is 5.56 Å². The number of benzene rings is 2. The Morgan fingerprint density at radius 3 is 2.62 bits per heavy atom. The fourth-order valence-corrected chi connectivity index (χ4v) is 3.71. The normalized spacial score (nSPS) is 16.0. The van der Waals surface area contributed by atoms with Gasteiger partial charge in [0.15, 0.2) is 0 Å². The van der Waals surface area contributed by atoms with Gasteiger partial charge in [0.2, 0.25) is 0 Å². The van der Waals surface area contributed by atoms with Gasteiger partial charge in [-0.25, -0.2) is 4.98 Å². The second-order valence-electron chi connectivity index (χ2n) is 7.02. The molecule has 3 nitrogen and oxygen atoms in total. The van der Waals surface area contributed by atoms with E-state index >= 15 is 0 Å². The first-order chi connectivity index (χ1) is 14.2. The van der Waals surface area contributed by atoms with Crippen molar-refractivity contribution >= 4 is 24.3 Å². The van der Waals surface area contributed by atoms with Crippen LogP contribution < -0.4 is 4.90 Å². The van der Waals surface area contributed by atoms with E-state index in [4.69, 9.17) is 0 Å².